The first-order valence-electron chi connectivity index (χ1n) is 2.85. The summed E-state index contributed by atoms with van der Waals surface area (Å²) in [4.78, 5) is 0. The van der Waals surface area contributed by atoms with E-state index in [9.17, 15) is 0 Å². The summed E-state index contributed by atoms with van der Waals surface area (Å²) in [5.41, 5.74) is 1.36. The summed E-state index contributed by atoms with van der Waals surface area (Å²) in [5, 5.41) is 0. The lowest BCUT2D eigenvalue weighted by Crippen LogP contribution is -1.66. The highest BCUT2D eigenvalue weighted by molar-refractivity contribution is 5.00. The van der Waals surface area contributed by atoms with Crippen molar-refractivity contribution in [1.82, 2.24) is 0 Å². The van der Waals surface area contributed by atoms with Gasteiger partial charge in [-0.15, -0.1) is 6.58 Å². The molecule has 0 bridgehead atoms. The third-order valence-electron chi connectivity index (χ3n) is 0.829. The molecule has 0 aliphatic carbocycles. The molecule has 0 aliphatic heterocycles. The van der Waals surface area contributed by atoms with Crippen LogP contribution in [0.15, 0.2) is 24.3 Å². The molecule has 0 N–H and O–H groups in total. The van der Waals surface area contributed by atoms with Crippen molar-refractivity contribution < 1.29 is 0 Å². The van der Waals surface area contributed by atoms with E-state index >= 15 is 0 Å². The van der Waals surface area contributed by atoms with Gasteiger partial charge in [-0.2, -0.15) is 0 Å². The predicted molar refractivity (Wildman–Crippen MR) is 38.5 cm³/mol. The van der Waals surface area contributed by atoms with Gasteiger partial charge in [-0.25, -0.2) is 0 Å². The summed E-state index contributed by atoms with van der Waals surface area (Å²) in [7, 11) is 0. The van der Waals surface area contributed by atoms with Crippen LogP contribution in [0.5, 0.6) is 0 Å². The fraction of sp³-hybridized carbons (Fsp3) is 0.375. The molecule has 8 heavy (non-hydrogen) atoms. The zero-order chi connectivity index (χ0) is 6.41. The SMILES string of the molecule is C=C[CH]CC=C(C)C. The van der Waals surface area contributed by atoms with E-state index in [0.29, 0.717) is 0 Å². The van der Waals surface area contributed by atoms with Crippen molar-refractivity contribution in [2.24, 2.45) is 0 Å². The summed E-state index contributed by atoms with van der Waals surface area (Å²) in [6.45, 7) is 7.76. The van der Waals surface area contributed by atoms with Gasteiger partial charge in [0.25, 0.3) is 0 Å². The maximum Gasteiger partial charge on any atom is -0.0136 e. The van der Waals surface area contributed by atoms with Crippen molar-refractivity contribution in [1.29, 1.82) is 0 Å². The maximum atomic E-state index is 3.57. The van der Waals surface area contributed by atoms with E-state index in [1.165, 1.54) is 5.57 Å². The Morgan fingerprint density at radius 1 is 1.50 bits per heavy atom. The minimum absolute atomic E-state index is 1.02. The van der Waals surface area contributed by atoms with Gasteiger partial charge in [0.15, 0.2) is 0 Å². The summed E-state index contributed by atoms with van der Waals surface area (Å²) in [6.07, 6.45) is 7.04. The molecule has 0 spiro atoms. The van der Waals surface area contributed by atoms with Gasteiger partial charge in [0.05, 0.1) is 0 Å². The van der Waals surface area contributed by atoms with Crippen LogP contribution in [0.1, 0.15) is 20.3 Å². The largest absolute Gasteiger partial charge is 0.103 e. The molecule has 0 nitrogen and oxygen atoms in total. The first-order chi connectivity index (χ1) is 3.77. The van der Waals surface area contributed by atoms with Crippen LogP contribution in [-0.4, -0.2) is 0 Å². The molecule has 0 aromatic heterocycles. The Balaban J connectivity index is 3.15. The van der Waals surface area contributed by atoms with Gasteiger partial charge in [0.1, 0.15) is 0 Å². The number of hydrogen-bond acceptors (Lipinski definition) is 0. The van der Waals surface area contributed by atoms with E-state index < -0.39 is 0 Å². The monoisotopic (exact) mass is 109 g/mol. The molecule has 0 saturated carbocycles. The van der Waals surface area contributed by atoms with Gasteiger partial charge in [-0.3, -0.25) is 0 Å². The molecule has 0 amide bonds. The predicted octanol–water partition coefficient (Wildman–Crippen LogP) is 2.73. The summed E-state index contributed by atoms with van der Waals surface area (Å²) in [6, 6.07) is 0. The van der Waals surface area contributed by atoms with E-state index in [-0.39, 0.29) is 0 Å². The molecule has 0 aliphatic rings. The number of allylic oxidation sites excluding steroid dienone is 3. The van der Waals surface area contributed by atoms with E-state index in [1.54, 1.807) is 0 Å². The quantitative estimate of drug-likeness (QED) is 0.386. The molecule has 0 saturated heterocycles. The van der Waals surface area contributed by atoms with Crippen molar-refractivity contribution >= 4 is 0 Å². The standard InChI is InChI=1S/C8H13/c1-4-5-6-7-8(2)3/h4-5,7H,1,6H2,2-3H3. The number of unbranched alkanes of at least 4 members (excludes halogenated alkanes) is 1. The van der Waals surface area contributed by atoms with Crippen LogP contribution in [0.2, 0.25) is 0 Å². The molecule has 0 atom stereocenters. The third-order valence-corrected chi connectivity index (χ3v) is 0.829. The molecule has 45 valence electrons. The van der Waals surface area contributed by atoms with Crippen molar-refractivity contribution in [2.75, 3.05) is 0 Å². The van der Waals surface area contributed by atoms with Gasteiger partial charge in [-0.1, -0.05) is 17.7 Å². The molecule has 0 aromatic carbocycles. The Bertz CT molecular complexity index is 84.2. The zero-order valence-corrected chi connectivity index (χ0v) is 5.65. The lowest BCUT2D eigenvalue weighted by atomic mass is 10.2. The van der Waals surface area contributed by atoms with Gasteiger partial charge in [0.2, 0.25) is 0 Å². The van der Waals surface area contributed by atoms with Gasteiger partial charge < -0.3 is 0 Å². The lowest BCUT2D eigenvalue weighted by Gasteiger charge is -1.86. The maximum absolute atomic E-state index is 3.57. The van der Waals surface area contributed by atoms with Crippen LogP contribution in [0.25, 0.3) is 0 Å². The number of hydrogen-bond donors (Lipinski definition) is 0. The highest BCUT2D eigenvalue weighted by Gasteiger charge is 1.75. The summed E-state index contributed by atoms with van der Waals surface area (Å²) in [5.74, 6) is 0. The van der Waals surface area contributed by atoms with Crippen molar-refractivity contribution in [3.63, 3.8) is 0 Å². The van der Waals surface area contributed by atoms with Crippen LogP contribution in [-0.2, 0) is 0 Å². The van der Waals surface area contributed by atoms with E-state index in [0.717, 1.165) is 6.42 Å². The molecular weight excluding hydrogens is 96.1 g/mol. The first kappa shape index (κ1) is 7.48. The smallest absolute Gasteiger partial charge is 0.0136 e. The van der Waals surface area contributed by atoms with Crippen LogP contribution >= 0.6 is 0 Å². The second kappa shape index (κ2) is 4.63. The Hall–Kier alpha value is -0.520. The number of rotatable bonds is 3. The van der Waals surface area contributed by atoms with Gasteiger partial charge in [0, 0.05) is 0 Å². The normalized spacial score (nSPS) is 8.25. The highest BCUT2D eigenvalue weighted by Crippen LogP contribution is 1.94. The minimum Gasteiger partial charge on any atom is -0.103 e. The average Bonchev–Trinajstić information content (AvgIpc) is 1.66. The molecule has 0 heteroatoms. The Labute approximate surface area is 51.9 Å². The Kier molecular flexibility index (Phi) is 4.33. The topological polar surface area (TPSA) is 0 Å². The van der Waals surface area contributed by atoms with Crippen LogP contribution in [0.3, 0.4) is 0 Å². The Morgan fingerprint density at radius 3 is 2.50 bits per heavy atom. The lowest BCUT2D eigenvalue weighted by molar-refractivity contribution is 1.23. The zero-order valence-electron chi connectivity index (χ0n) is 5.65. The summed E-state index contributed by atoms with van der Waals surface area (Å²) < 4.78 is 0. The minimum atomic E-state index is 1.02. The fourth-order valence-corrected chi connectivity index (χ4v) is 0.400. The Morgan fingerprint density at radius 2 is 2.12 bits per heavy atom. The van der Waals surface area contributed by atoms with E-state index in [4.69, 9.17) is 0 Å². The van der Waals surface area contributed by atoms with Gasteiger partial charge in [-0.05, 0) is 26.7 Å². The molecule has 0 fully saturated rings. The molecule has 1 radical (unpaired) electrons. The third kappa shape index (κ3) is 5.48. The van der Waals surface area contributed by atoms with Crippen LogP contribution in [0, 0.1) is 6.42 Å². The second-order valence-corrected chi connectivity index (χ2v) is 1.99. The van der Waals surface area contributed by atoms with Crippen molar-refractivity contribution in [3.8, 4) is 0 Å². The van der Waals surface area contributed by atoms with Crippen LogP contribution in [0.4, 0.5) is 0 Å². The molecule has 0 aromatic rings. The first-order valence-corrected chi connectivity index (χ1v) is 2.85. The van der Waals surface area contributed by atoms with Crippen LogP contribution < -0.4 is 0 Å². The molecule has 0 unspecified atom stereocenters. The van der Waals surface area contributed by atoms with Crippen molar-refractivity contribution in [2.45, 2.75) is 20.3 Å². The summed E-state index contributed by atoms with van der Waals surface area (Å²) >= 11 is 0. The van der Waals surface area contributed by atoms with Crippen molar-refractivity contribution in [3.05, 3.63) is 30.7 Å². The molecule has 0 heterocycles. The fourth-order valence-electron chi connectivity index (χ4n) is 0.400. The second-order valence-electron chi connectivity index (χ2n) is 1.99. The van der Waals surface area contributed by atoms with Gasteiger partial charge >= 0.3 is 0 Å². The highest BCUT2D eigenvalue weighted by atomic mass is 13.8. The van der Waals surface area contributed by atoms with E-state index in [2.05, 4.69) is 26.5 Å². The average molecular weight is 109 g/mol. The van der Waals surface area contributed by atoms with E-state index in [1.807, 2.05) is 12.5 Å². The molecule has 0 rings (SSSR count). The molecular formula is C8H13.